The molecule has 2 aromatic carbocycles. The molecule has 0 unspecified atom stereocenters. The topological polar surface area (TPSA) is 20.2 Å². The van der Waals surface area contributed by atoms with Gasteiger partial charge < -0.3 is 5.11 Å². The molecule has 0 radical (unpaired) electrons. The van der Waals surface area contributed by atoms with Crippen LogP contribution in [0.3, 0.4) is 0 Å². The van der Waals surface area contributed by atoms with Gasteiger partial charge in [0.05, 0.1) is 14.2 Å². The normalized spacial score (nSPS) is 14.4. The van der Waals surface area contributed by atoms with Gasteiger partial charge in [-0.3, -0.25) is 0 Å². The van der Waals surface area contributed by atoms with E-state index in [-0.39, 0.29) is 0 Å². The maximum Gasteiger partial charge on any atom is 0.0874 e. The highest BCUT2D eigenvalue weighted by Gasteiger charge is 2.33. The van der Waals surface area contributed by atoms with Gasteiger partial charge in [-0.05, 0) is 17.5 Å². The van der Waals surface area contributed by atoms with Crippen LogP contribution < -0.4 is 5.19 Å². The van der Waals surface area contributed by atoms with Crippen LogP contribution in [0.1, 0.15) is 18.1 Å². The number of aliphatic hydroxyl groups excluding tert-OH is 1. The molecule has 0 spiro atoms. The van der Waals surface area contributed by atoms with Gasteiger partial charge in [0.2, 0.25) is 0 Å². The second-order valence-electron chi connectivity index (χ2n) is 6.09. The summed E-state index contributed by atoms with van der Waals surface area (Å²) >= 11 is 0. The van der Waals surface area contributed by atoms with Crippen molar-refractivity contribution in [1.29, 1.82) is 0 Å². The van der Waals surface area contributed by atoms with Crippen LogP contribution in [0.4, 0.5) is 0 Å². The van der Waals surface area contributed by atoms with E-state index in [1.807, 2.05) is 36.4 Å². The summed E-state index contributed by atoms with van der Waals surface area (Å²) in [6.45, 7) is 8.73. The minimum atomic E-state index is -1.68. The van der Waals surface area contributed by atoms with Crippen molar-refractivity contribution in [2.75, 3.05) is 0 Å². The fourth-order valence-electron chi connectivity index (χ4n) is 2.82. The zero-order chi connectivity index (χ0) is 15.3. The lowest BCUT2D eigenvalue weighted by atomic mass is 10.0. The standard InChI is InChI=1S/C19H24OSi/c1-4-17(15-19(20)16-11-7-5-8-12-16)21(2,3)18-13-9-6-10-14-18/h4-14,17,19-20H,1,15H2,2-3H3/t17-,19-/m0/s1. The Morgan fingerprint density at radius 3 is 2.05 bits per heavy atom. The van der Waals surface area contributed by atoms with Gasteiger partial charge in [-0.15, -0.1) is 6.58 Å². The minimum Gasteiger partial charge on any atom is -0.388 e. The number of benzene rings is 2. The molecule has 2 atom stereocenters. The first-order valence-electron chi connectivity index (χ1n) is 7.46. The first kappa shape index (κ1) is 15.7. The Kier molecular flexibility index (Phi) is 5.15. The van der Waals surface area contributed by atoms with E-state index in [4.69, 9.17) is 0 Å². The third-order valence-corrected chi connectivity index (χ3v) is 8.54. The third kappa shape index (κ3) is 3.72. The average molecular weight is 296 g/mol. The van der Waals surface area contributed by atoms with Crippen LogP contribution in [-0.2, 0) is 0 Å². The van der Waals surface area contributed by atoms with Crippen LogP contribution in [0.25, 0.3) is 0 Å². The molecule has 21 heavy (non-hydrogen) atoms. The maximum absolute atomic E-state index is 10.5. The molecule has 0 saturated carbocycles. The Labute approximate surface area is 129 Å². The van der Waals surface area contributed by atoms with Crippen LogP contribution in [0.5, 0.6) is 0 Å². The molecule has 0 heterocycles. The first-order valence-corrected chi connectivity index (χ1v) is 10.5. The first-order chi connectivity index (χ1) is 10.1. The molecule has 2 aromatic rings. The van der Waals surface area contributed by atoms with E-state index < -0.39 is 14.2 Å². The Bertz CT molecular complexity index is 563. The highest BCUT2D eigenvalue weighted by molar-refractivity contribution is 6.91. The van der Waals surface area contributed by atoms with Gasteiger partial charge in [0, 0.05) is 0 Å². The summed E-state index contributed by atoms with van der Waals surface area (Å²) in [6, 6.07) is 20.6. The van der Waals surface area contributed by atoms with Crippen molar-refractivity contribution >= 4 is 13.3 Å². The molecule has 0 aliphatic carbocycles. The average Bonchev–Trinajstić information content (AvgIpc) is 2.53. The van der Waals surface area contributed by atoms with Crippen LogP contribution in [0, 0.1) is 0 Å². The summed E-state index contributed by atoms with van der Waals surface area (Å²) in [5.74, 6) is 0. The Morgan fingerprint density at radius 2 is 1.52 bits per heavy atom. The summed E-state index contributed by atoms with van der Waals surface area (Å²) in [5, 5.41) is 11.9. The van der Waals surface area contributed by atoms with E-state index >= 15 is 0 Å². The van der Waals surface area contributed by atoms with E-state index in [2.05, 4.69) is 50.0 Å². The SMILES string of the molecule is C=C[C@@H](C[C@H](O)c1ccccc1)[Si](C)(C)c1ccccc1. The lowest BCUT2D eigenvalue weighted by Gasteiger charge is -2.32. The summed E-state index contributed by atoms with van der Waals surface area (Å²) in [7, 11) is -1.68. The van der Waals surface area contributed by atoms with Crippen LogP contribution >= 0.6 is 0 Å². The van der Waals surface area contributed by atoms with Crippen LogP contribution in [-0.4, -0.2) is 13.2 Å². The van der Waals surface area contributed by atoms with E-state index in [0.29, 0.717) is 5.54 Å². The van der Waals surface area contributed by atoms with Crippen molar-refractivity contribution in [1.82, 2.24) is 0 Å². The van der Waals surface area contributed by atoms with Crippen molar-refractivity contribution in [3.8, 4) is 0 Å². The lowest BCUT2D eigenvalue weighted by Crippen LogP contribution is -2.45. The van der Waals surface area contributed by atoms with Crippen molar-refractivity contribution in [3.63, 3.8) is 0 Å². The Hall–Kier alpha value is -1.64. The van der Waals surface area contributed by atoms with Gasteiger partial charge in [-0.25, -0.2) is 0 Å². The predicted molar refractivity (Wildman–Crippen MR) is 93.5 cm³/mol. The molecular weight excluding hydrogens is 272 g/mol. The number of hydrogen-bond donors (Lipinski definition) is 1. The summed E-state index contributed by atoms with van der Waals surface area (Å²) in [4.78, 5) is 0. The summed E-state index contributed by atoms with van der Waals surface area (Å²) in [6.07, 6.45) is 2.34. The second kappa shape index (κ2) is 6.88. The van der Waals surface area contributed by atoms with Gasteiger partial charge in [-0.2, -0.15) is 0 Å². The molecule has 0 fully saturated rings. The molecule has 1 N–H and O–H groups in total. The molecule has 0 aliphatic heterocycles. The van der Waals surface area contributed by atoms with Gasteiger partial charge in [-0.1, -0.05) is 85.0 Å². The van der Waals surface area contributed by atoms with Crippen molar-refractivity contribution < 1.29 is 5.11 Å². The molecule has 0 aliphatic rings. The minimum absolute atomic E-state index is 0.343. The predicted octanol–water partition coefficient (Wildman–Crippen LogP) is 4.28. The van der Waals surface area contributed by atoms with Crippen molar-refractivity contribution in [3.05, 3.63) is 78.9 Å². The lowest BCUT2D eigenvalue weighted by molar-refractivity contribution is 0.168. The van der Waals surface area contributed by atoms with E-state index in [9.17, 15) is 5.11 Å². The highest BCUT2D eigenvalue weighted by Crippen LogP contribution is 2.33. The van der Waals surface area contributed by atoms with E-state index in [0.717, 1.165) is 12.0 Å². The van der Waals surface area contributed by atoms with Gasteiger partial charge in [0.1, 0.15) is 0 Å². The molecule has 0 saturated heterocycles. The monoisotopic (exact) mass is 296 g/mol. The fourth-order valence-corrected chi connectivity index (χ4v) is 5.70. The van der Waals surface area contributed by atoms with Crippen molar-refractivity contribution in [2.45, 2.75) is 31.2 Å². The molecule has 0 aromatic heterocycles. The Morgan fingerprint density at radius 1 is 1.00 bits per heavy atom. The van der Waals surface area contributed by atoms with Gasteiger partial charge in [0.15, 0.2) is 0 Å². The molecular formula is C19H24OSi. The van der Waals surface area contributed by atoms with Crippen molar-refractivity contribution in [2.24, 2.45) is 0 Å². The number of allylic oxidation sites excluding steroid dienone is 1. The number of rotatable bonds is 6. The quantitative estimate of drug-likeness (QED) is 0.623. The van der Waals surface area contributed by atoms with E-state index in [1.54, 1.807) is 0 Å². The van der Waals surface area contributed by atoms with Gasteiger partial charge in [0.25, 0.3) is 0 Å². The third-order valence-electron chi connectivity index (χ3n) is 4.39. The van der Waals surface area contributed by atoms with Crippen LogP contribution in [0.2, 0.25) is 18.6 Å². The van der Waals surface area contributed by atoms with E-state index in [1.165, 1.54) is 5.19 Å². The largest absolute Gasteiger partial charge is 0.388 e. The molecule has 2 rings (SSSR count). The Balaban J connectivity index is 2.18. The maximum atomic E-state index is 10.5. The highest BCUT2D eigenvalue weighted by atomic mass is 28.3. The molecule has 0 amide bonds. The summed E-state index contributed by atoms with van der Waals surface area (Å²) < 4.78 is 0. The zero-order valence-corrected chi connectivity index (χ0v) is 13.9. The summed E-state index contributed by atoms with van der Waals surface area (Å²) in [5.41, 5.74) is 1.33. The molecule has 1 nitrogen and oxygen atoms in total. The second-order valence-corrected chi connectivity index (χ2v) is 10.9. The molecule has 110 valence electrons. The van der Waals surface area contributed by atoms with Gasteiger partial charge >= 0.3 is 0 Å². The molecule has 2 heteroatoms. The number of hydrogen-bond acceptors (Lipinski definition) is 1. The van der Waals surface area contributed by atoms with Crippen LogP contribution in [0.15, 0.2) is 73.3 Å². The smallest absolute Gasteiger partial charge is 0.0874 e. The molecule has 0 bridgehead atoms. The fraction of sp³-hybridized carbons (Fsp3) is 0.263. The number of aliphatic hydroxyl groups is 1. The zero-order valence-electron chi connectivity index (χ0n) is 12.9.